The number of anilines is 1. The zero-order valence-electron chi connectivity index (χ0n) is 16.7. The summed E-state index contributed by atoms with van der Waals surface area (Å²) in [4.78, 5) is 43.8. The van der Waals surface area contributed by atoms with Gasteiger partial charge in [-0.2, -0.15) is 0 Å². The summed E-state index contributed by atoms with van der Waals surface area (Å²) in [6.45, 7) is 4.75. The van der Waals surface area contributed by atoms with Gasteiger partial charge in [0.15, 0.2) is 5.78 Å². The van der Waals surface area contributed by atoms with Gasteiger partial charge in [-0.05, 0) is 56.5 Å². The van der Waals surface area contributed by atoms with Gasteiger partial charge in [0, 0.05) is 11.6 Å². The second-order valence-corrected chi connectivity index (χ2v) is 8.45. The summed E-state index contributed by atoms with van der Waals surface area (Å²) in [5.74, 6) is -1.45. The topological polar surface area (TPSA) is 57.7 Å². The summed E-state index contributed by atoms with van der Waals surface area (Å²) in [6, 6.07) is 14.2. The molecule has 3 aliphatic heterocycles. The van der Waals surface area contributed by atoms with Crippen molar-refractivity contribution in [3.05, 3.63) is 65.2 Å². The highest BCUT2D eigenvalue weighted by molar-refractivity contribution is 6.24. The van der Waals surface area contributed by atoms with Gasteiger partial charge >= 0.3 is 0 Å². The number of amides is 2. The van der Waals surface area contributed by atoms with E-state index in [1.54, 1.807) is 12.1 Å². The minimum absolute atomic E-state index is 0.0225. The van der Waals surface area contributed by atoms with Gasteiger partial charge in [-0.1, -0.05) is 36.4 Å². The minimum Gasteiger partial charge on any atom is -0.292 e. The Kier molecular flexibility index (Phi) is 4.17. The monoisotopic (exact) mass is 388 g/mol. The van der Waals surface area contributed by atoms with Crippen LogP contribution < -0.4 is 4.90 Å². The highest BCUT2D eigenvalue weighted by atomic mass is 16.2. The molecule has 3 fully saturated rings. The number of imide groups is 1. The number of aryl methyl sites for hydroxylation is 2. The fraction of sp³-hybridized carbons (Fsp3) is 0.375. The average molecular weight is 388 g/mol. The van der Waals surface area contributed by atoms with Crippen molar-refractivity contribution in [1.82, 2.24) is 4.90 Å². The molecule has 148 valence electrons. The first-order valence-electron chi connectivity index (χ1n) is 10.3. The molecular weight excluding hydrogens is 364 g/mol. The Labute approximate surface area is 170 Å². The highest BCUT2D eigenvalue weighted by Gasteiger charge is 2.64. The molecule has 2 aromatic carbocycles. The van der Waals surface area contributed by atoms with Gasteiger partial charge in [0.05, 0.1) is 23.6 Å². The van der Waals surface area contributed by atoms with E-state index in [0.29, 0.717) is 11.3 Å². The van der Waals surface area contributed by atoms with E-state index in [9.17, 15) is 14.4 Å². The van der Waals surface area contributed by atoms with Crippen LogP contribution in [0.3, 0.4) is 0 Å². The smallest absolute Gasteiger partial charge is 0.239 e. The van der Waals surface area contributed by atoms with Crippen LogP contribution in [0.15, 0.2) is 48.5 Å². The molecule has 0 unspecified atom stereocenters. The first kappa shape index (κ1) is 18.3. The molecule has 0 spiro atoms. The van der Waals surface area contributed by atoms with Gasteiger partial charge in [0.2, 0.25) is 11.8 Å². The molecule has 0 aliphatic carbocycles. The molecule has 5 heteroatoms. The Morgan fingerprint density at radius 1 is 0.931 bits per heavy atom. The number of benzene rings is 2. The van der Waals surface area contributed by atoms with Gasteiger partial charge < -0.3 is 0 Å². The molecular formula is C24H24N2O3. The largest absolute Gasteiger partial charge is 0.292 e. The van der Waals surface area contributed by atoms with Crippen molar-refractivity contribution in [3.63, 3.8) is 0 Å². The molecule has 3 aliphatic rings. The number of hydrogen-bond donors (Lipinski definition) is 0. The van der Waals surface area contributed by atoms with Crippen LogP contribution in [0, 0.1) is 25.7 Å². The normalized spacial score (nSPS) is 28.7. The molecule has 2 amide bonds. The van der Waals surface area contributed by atoms with E-state index in [-0.39, 0.29) is 23.6 Å². The Bertz CT molecular complexity index is 1020. The summed E-state index contributed by atoms with van der Waals surface area (Å²) >= 11 is 0. The third-order valence-electron chi connectivity index (χ3n) is 6.93. The van der Waals surface area contributed by atoms with Crippen LogP contribution in [-0.4, -0.2) is 41.1 Å². The number of ketones is 1. The maximum atomic E-state index is 13.5. The Balaban J connectivity index is 1.56. The fourth-order valence-electron chi connectivity index (χ4n) is 5.41. The number of nitrogens with zero attached hydrogens (tertiary/aromatic N) is 2. The number of fused-ring (bicyclic) bond motifs is 3. The Morgan fingerprint density at radius 3 is 2.38 bits per heavy atom. The van der Waals surface area contributed by atoms with E-state index in [1.165, 1.54) is 4.90 Å². The third-order valence-corrected chi connectivity index (χ3v) is 6.93. The van der Waals surface area contributed by atoms with E-state index in [4.69, 9.17) is 0 Å². The maximum absolute atomic E-state index is 13.5. The molecule has 0 radical (unpaired) electrons. The predicted octanol–water partition coefficient (Wildman–Crippen LogP) is 3.14. The summed E-state index contributed by atoms with van der Waals surface area (Å²) in [5, 5.41) is 0. The Hall–Kier alpha value is -2.79. The molecule has 0 N–H and O–H groups in total. The van der Waals surface area contributed by atoms with Crippen molar-refractivity contribution in [2.45, 2.75) is 38.8 Å². The lowest BCUT2D eigenvalue weighted by atomic mass is 9.85. The predicted molar refractivity (Wildman–Crippen MR) is 110 cm³/mol. The molecule has 3 heterocycles. The average Bonchev–Trinajstić information content (AvgIpc) is 3.37. The van der Waals surface area contributed by atoms with Crippen molar-refractivity contribution in [3.8, 4) is 0 Å². The Morgan fingerprint density at radius 2 is 1.66 bits per heavy atom. The SMILES string of the molecule is Cc1ccc(N2C(=O)[C@@H]3[C@H](C2=O)[C@@H](C(=O)c2ccccc2)N2CCC[C@@H]32)cc1C. The van der Waals surface area contributed by atoms with Crippen LogP contribution in [0.1, 0.15) is 34.3 Å². The minimum atomic E-state index is -0.595. The second-order valence-electron chi connectivity index (χ2n) is 8.45. The lowest BCUT2D eigenvalue weighted by Crippen LogP contribution is -2.46. The van der Waals surface area contributed by atoms with E-state index in [1.807, 2.05) is 50.2 Å². The van der Waals surface area contributed by atoms with E-state index < -0.39 is 17.9 Å². The van der Waals surface area contributed by atoms with Gasteiger partial charge in [-0.3, -0.25) is 19.3 Å². The van der Waals surface area contributed by atoms with Crippen LogP contribution in [0.4, 0.5) is 5.69 Å². The van der Waals surface area contributed by atoms with E-state index in [0.717, 1.165) is 30.5 Å². The van der Waals surface area contributed by atoms with E-state index >= 15 is 0 Å². The molecule has 3 saturated heterocycles. The van der Waals surface area contributed by atoms with E-state index in [2.05, 4.69) is 4.90 Å². The van der Waals surface area contributed by atoms with Crippen molar-refractivity contribution in [2.75, 3.05) is 11.4 Å². The summed E-state index contributed by atoms with van der Waals surface area (Å²) < 4.78 is 0. The van der Waals surface area contributed by atoms with Gasteiger partial charge in [-0.15, -0.1) is 0 Å². The number of rotatable bonds is 3. The number of carbonyl (C=O) groups excluding carboxylic acids is 3. The molecule has 0 saturated carbocycles. The number of Topliss-reactive ketones (excluding diaryl/α,β-unsaturated/α-hetero) is 1. The van der Waals surface area contributed by atoms with Crippen molar-refractivity contribution in [1.29, 1.82) is 0 Å². The van der Waals surface area contributed by atoms with Crippen LogP contribution in [0.2, 0.25) is 0 Å². The molecule has 5 nitrogen and oxygen atoms in total. The quantitative estimate of drug-likeness (QED) is 0.599. The molecule has 4 atom stereocenters. The third kappa shape index (κ3) is 2.60. The van der Waals surface area contributed by atoms with Crippen LogP contribution in [0.25, 0.3) is 0 Å². The zero-order chi connectivity index (χ0) is 20.3. The summed E-state index contributed by atoms with van der Waals surface area (Å²) in [6.07, 6.45) is 1.82. The highest BCUT2D eigenvalue weighted by Crippen LogP contribution is 2.48. The maximum Gasteiger partial charge on any atom is 0.239 e. The first-order chi connectivity index (χ1) is 14.0. The summed E-state index contributed by atoms with van der Waals surface area (Å²) in [5.41, 5.74) is 3.38. The van der Waals surface area contributed by atoms with Crippen molar-refractivity contribution < 1.29 is 14.4 Å². The molecule has 0 aromatic heterocycles. The van der Waals surface area contributed by atoms with Gasteiger partial charge in [-0.25, -0.2) is 4.90 Å². The van der Waals surface area contributed by atoms with Crippen LogP contribution >= 0.6 is 0 Å². The lowest BCUT2D eigenvalue weighted by Gasteiger charge is -2.27. The molecule has 5 rings (SSSR count). The molecule has 0 bridgehead atoms. The standard InChI is InChI=1S/C24H24N2O3/c1-14-10-11-17(13-15(14)2)26-23(28)19-18-9-6-12-25(18)21(20(19)24(26)29)22(27)16-7-4-3-5-8-16/h3-5,7-8,10-11,13,18-21H,6,9,12H2,1-2H3/t18-,19-,20-,21-/m0/s1. The van der Waals surface area contributed by atoms with Gasteiger partial charge in [0.1, 0.15) is 0 Å². The van der Waals surface area contributed by atoms with Crippen molar-refractivity contribution >= 4 is 23.3 Å². The second kappa shape index (κ2) is 6.63. The summed E-state index contributed by atoms with van der Waals surface area (Å²) in [7, 11) is 0. The molecule has 2 aromatic rings. The lowest BCUT2D eigenvalue weighted by molar-refractivity contribution is -0.123. The number of hydrogen-bond acceptors (Lipinski definition) is 4. The fourth-order valence-corrected chi connectivity index (χ4v) is 5.41. The zero-order valence-corrected chi connectivity index (χ0v) is 16.7. The van der Waals surface area contributed by atoms with Crippen LogP contribution in [0.5, 0.6) is 0 Å². The van der Waals surface area contributed by atoms with Gasteiger partial charge in [0.25, 0.3) is 0 Å². The number of carbonyl (C=O) groups is 3. The first-order valence-corrected chi connectivity index (χ1v) is 10.3. The van der Waals surface area contributed by atoms with Crippen LogP contribution in [-0.2, 0) is 9.59 Å². The molecule has 29 heavy (non-hydrogen) atoms. The van der Waals surface area contributed by atoms with Crippen molar-refractivity contribution in [2.24, 2.45) is 11.8 Å².